The maximum Gasteiger partial charge on any atom is 0.255 e. The monoisotopic (exact) mass is 297 g/mol. The molecule has 2 rings (SSSR count). The number of carbonyl (C=O) groups is 1. The Kier molecular flexibility index (Phi) is 3.79. The molecule has 5 heteroatoms. The first-order chi connectivity index (χ1) is 8.09. The van der Waals surface area contributed by atoms with Crippen molar-refractivity contribution in [1.82, 2.24) is 15.2 Å². The molecular formula is C12H16BrN3O. The highest BCUT2D eigenvalue weighted by Crippen LogP contribution is 2.16. The first-order valence-corrected chi connectivity index (χ1v) is 6.54. The number of hydrogen-bond donors (Lipinski definition) is 1. The summed E-state index contributed by atoms with van der Waals surface area (Å²) in [6.45, 7) is 5.76. The Morgan fingerprint density at radius 2 is 2.29 bits per heavy atom. The van der Waals surface area contributed by atoms with Gasteiger partial charge >= 0.3 is 0 Å². The van der Waals surface area contributed by atoms with Gasteiger partial charge in [0.05, 0.1) is 5.56 Å². The van der Waals surface area contributed by atoms with Gasteiger partial charge in [-0.3, -0.25) is 9.78 Å². The summed E-state index contributed by atoms with van der Waals surface area (Å²) in [5, 5.41) is 3.36. The average molecular weight is 298 g/mol. The lowest BCUT2D eigenvalue weighted by molar-refractivity contribution is 0.0602. The minimum atomic E-state index is 0.0552. The van der Waals surface area contributed by atoms with Crippen LogP contribution in [0.5, 0.6) is 0 Å². The Morgan fingerprint density at radius 3 is 3.00 bits per heavy atom. The number of rotatable bonds is 1. The second kappa shape index (κ2) is 5.14. The normalized spacial score (nSPS) is 24.8. The van der Waals surface area contributed by atoms with Crippen molar-refractivity contribution < 1.29 is 4.79 Å². The minimum absolute atomic E-state index is 0.0552. The van der Waals surface area contributed by atoms with E-state index in [4.69, 9.17) is 0 Å². The van der Waals surface area contributed by atoms with E-state index in [1.807, 2.05) is 11.0 Å². The highest BCUT2D eigenvalue weighted by Gasteiger charge is 2.28. The lowest BCUT2D eigenvalue weighted by Crippen LogP contribution is -2.57. The third kappa shape index (κ3) is 2.66. The summed E-state index contributed by atoms with van der Waals surface area (Å²) in [5.74, 6) is 0.0552. The van der Waals surface area contributed by atoms with Crippen molar-refractivity contribution >= 4 is 21.8 Å². The van der Waals surface area contributed by atoms with Gasteiger partial charge in [-0.05, 0) is 35.8 Å². The number of nitrogens with one attached hydrogen (secondary N) is 1. The average Bonchev–Trinajstić information content (AvgIpc) is 2.32. The largest absolute Gasteiger partial charge is 0.333 e. The van der Waals surface area contributed by atoms with Crippen molar-refractivity contribution in [1.29, 1.82) is 0 Å². The molecule has 1 aliphatic rings. The van der Waals surface area contributed by atoms with E-state index in [2.05, 4.69) is 40.1 Å². The Morgan fingerprint density at radius 1 is 1.53 bits per heavy atom. The topological polar surface area (TPSA) is 45.2 Å². The van der Waals surface area contributed by atoms with E-state index in [0.29, 0.717) is 11.6 Å². The van der Waals surface area contributed by atoms with Crippen LogP contribution in [0.4, 0.5) is 0 Å². The van der Waals surface area contributed by atoms with Crippen LogP contribution in [0.15, 0.2) is 22.9 Å². The zero-order chi connectivity index (χ0) is 12.4. The van der Waals surface area contributed by atoms with E-state index in [1.165, 1.54) is 0 Å². The Hall–Kier alpha value is -0.940. The van der Waals surface area contributed by atoms with Crippen molar-refractivity contribution in [3.05, 3.63) is 28.5 Å². The lowest BCUT2D eigenvalue weighted by Gasteiger charge is -2.38. The minimum Gasteiger partial charge on any atom is -0.333 e. The molecule has 1 aliphatic heterocycles. The summed E-state index contributed by atoms with van der Waals surface area (Å²) in [6, 6.07) is 2.34. The van der Waals surface area contributed by atoms with Crippen molar-refractivity contribution in [3.8, 4) is 0 Å². The number of carbonyl (C=O) groups excluding carboxylic acids is 1. The molecule has 1 N–H and O–H groups in total. The molecule has 1 amide bonds. The van der Waals surface area contributed by atoms with Gasteiger partial charge < -0.3 is 10.2 Å². The number of hydrogen-bond acceptors (Lipinski definition) is 3. The van der Waals surface area contributed by atoms with Gasteiger partial charge in [-0.2, -0.15) is 0 Å². The SMILES string of the molecule is CC1NCCN(C(=O)c2cncc(Br)c2)C1C. The summed E-state index contributed by atoms with van der Waals surface area (Å²) in [5.41, 5.74) is 0.639. The molecule has 0 bridgehead atoms. The summed E-state index contributed by atoms with van der Waals surface area (Å²) >= 11 is 3.34. The first kappa shape index (κ1) is 12.5. The predicted molar refractivity (Wildman–Crippen MR) is 69.9 cm³/mol. The molecule has 0 aliphatic carbocycles. The van der Waals surface area contributed by atoms with Crippen LogP contribution in [0.3, 0.4) is 0 Å². The van der Waals surface area contributed by atoms with E-state index >= 15 is 0 Å². The molecule has 0 aromatic carbocycles. The van der Waals surface area contributed by atoms with Gasteiger partial charge in [0.2, 0.25) is 0 Å². The van der Waals surface area contributed by atoms with Crippen molar-refractivity contribution in [2.45, 2.75) is 25.9 Å². The summed E-state index contributed by atoms with van der Waals surface area (Å²) in [4.78, 5) is 18.3. The maximum absolute atomic E-state index is 12.3. The molecular weight excluding hydrogens is 282 g/mol. The van der Waals surface area contributed by atoms with E-state index < -0.39 is 0 Å². The van der Waals surface area contributed by atoms with Crippen LogP contribution in [-0.4, -0.2) is 41.0 Å². The van der Waals surface area contributed by atoms with E-state index in [0.717, 1.165) is 17.6 Å². The van der Waals surface area contributed by atoms with Crippen molar-refractivity contribution in [2.24, 2.45) is 0 Å². The molecule has 1 aromatic heterocycles. The molecule has 4 nitrogen and oxygen atoms in total. The number of nitrogens with zero attached hydrogens (tertiary/aromatic N) is 2. The van der Waals surface area contributed by atoms with Crippen LogP contribution in [0.25, 0.3) is 0 Å². The third-order valence-corrected chi connectivity index (χ3v) is 3.68. The summed E-state index contributed by atoms with van der Waals surface area (Å²) < 4.78 is 0.833. The summed E-state index contributed by atoms with van der Waals surface area (Å²) in [7, 11) is 0. The maximum atomic E-state index is 12.3. The Labute approximate surface area is 110 Å². The van der Waals surface area contributed by atoms with Gasteiger partial charge in [0, 0.05) is 42.0 Å². The molecule has 2 unspecified atom stereocenters. The number of pyridine rings is 1. The van der Waals surface area contributed by atoms with Gasteiger partial charge in [-0.25, -0.2) is 0 Å². The number of halogens is 1. The van der Waals surface area contributed by atoms with Crippen LogP contribution in [-0.2, 0) is 0 Å². The molecule has 17 heavy (non-hydrogen) atoms. The molecule has 2 heterocycles. The molecule has 1 aromatic rings. The number of amides is 1. The molecule has 1 fully saturated rings. The van der Waals surface area contributed by atoms with Gasteiger partial charge in [-0.1, -0.05) is 0 Å². The van der Waals surface area contributed by atoms with Gasteiger partial charge in [-0.15, -0.1) is 0 Å². The predicted octanol–water partition coefficient (Wildman–Crippen LogP) is 1.67. The standard InChI is InChI=1S/C12H16BrN3O/c1-8-9(2)16(4-3-15-8)12(17)10-5-11(13)7-14-6-10/h5-9,15H,3-4H2,1-2H3. The van der Waals surface area contributed by atoms with Crippen molar-refractivity contribution in [2.75, 3.05) is 13.1 Å². The zero-order valence-electron chi connectivity index (χ0n) is 9.98. The van der Waals surface area contributed by atoms with Crippen molar-refractivity contribution in [3.63, 3.8) is 0 Å². The van der Waals surface area contributed by atoms with Crippen LogP contribution < -0.4 is 5.32 Å². The van der Waals surface area contributed by atoms with E-state index in [9.17, 15) is 4.79 Å². The number of piperazine rings is 1. The van der Waals surface area contributed by atoms with E-state index in [1.54, 1.807) is 12.4 Å². The quantitative estimate of drug-likeness (QED) is 0.858. The van der Waals surface area contributed by atoms with Gasteiger partial charge in [0.25, 0.3) is 5.91 Å². The molecule has 0 spiro atoms. The highest BCUT2D eigenvalue weighted by molar-refractivity contribution is 9.10. The van der Waals surface area contributed by atoms with Crippen LogP contribution >= 0.6 is 15.9 Å². The van der Waals surface area contributed by atoms with Crippen LogP contribution in [0.2, 0.25) is 0 Å². The van der Waals surface area contributed by atoms with Crippen LogP contribution in [0, 0.1) is 0 Å². The second-order valence-electron chi connectivity index (χ2n) is 4.37. The van der Waals surface area contributed by atoms with E-state index in [-0.39, 0.29) is 11.9 Å². The highest BCUT2D eigenvalue weighted by atomic mass is 79.9. The molecule has 0 radical (unpaired) electrons. The lowest BCUT2D eigenvalue weighted by atomic mass is 10.1. The fourth-order valence-electron chi connectivity index (χ4n) is 2.04. The molecule has 0 saturated carbocycles. The Bertz CT molecular complexity index is 424. The number of aromatic nitrogens is 1. The molecule has 2 atom stereocenters. The first-order valence-electron chi connectivity index (χ1n) is 5.74. The second-order valence-corrected chi connectivity index (χ2v) is 5.29. The molecule has 92 valence electrons. The van der Waals surface area contributed by atoms with Crippen LogP contribution in [0.1, 0.15) is 24.2 Å². The fraction of sp³-hybridized carbons (Fsp3) is 0.500. The zero-order valence-corrected chi connectivity index (χ0v) is 11.6. The Balaban J connectivity index is 2.19. The fourth-order valence-corrected chi connectivity index (χ4v) is 2.40. The summed E-state index contributed by atoms with van der Waals surface area (Å²) in [6.07, 6.45) is 3.30. The smallest absolute Gasteiger partial charge is 0.255 e. The third-order valence-electron chi connectivity index (χ3n) is 3.25. The molecule has 1 saturated heterocycles. The van der Waals surface area contributed by atoms with Gasteiger partial charge in [0.1, 0.15) is 0 Å². The van der Waals surface area contributed by atoms with Gasteiger partial charge in [0.15, 0.2) is 0 Å².